The molecule has 6 nitrogen and oxygen atoms in total. The van der Waals surface area contributed by atoms with Crippen LogP contribution in [0.2, 0.25) is 0 Å². The van der Waals surface area contributed by atoms with Crippen LogP contribution in [0.1, 0.15) is 23.0 Å². The van der Waals surface area contributed by atoms with E-state index in [2.05, 4.69) is 26.8 Å². The summed E-state index contributed by atoms with van der Waals surface area (Å²) in [6.45, 7) is 7.67. The minimum Gasteiger partial charge on any atom is -0.461 e. The van der Waals surface area contributed by atoms with Crippen molar-refractivity contribution >= 4 is 11.9 Å². The average molecular weight is 264 g/mol. The van der Waals surface area contributed by atoms with Gasteiger partial charge in [0, 0.05) is 37.9 Å². The molecule has 0 saturated carbocycles. The van der Waals surface area contributed by atoms with Gasteiger partial charge in [0.15, 0.2) is 5.69 Å². The van der Waals surface area contributed by atoms with Gasteiger partial charge in [0.2, 0.25) is 5.95 Å². The Morgan fingerprint density at radius 3 is 2.68 bits per heavy atom. The van der Waals surface area contributed by atoms with Crippen LogP contribution in [0.25, 0.3) is 0 Å². The molecule has 1 saturated heterocycles. The molecule has 2 rings (SSSR count). The van der Waals surface area contributed by atoms with Crippen LogP contribution in [0.3, 0.4) is 0 Å². The molecule has 2 heterocycles. The SMILES string of the molecule is CCOC(=O)c1nc(N2CCN(C)CC2)ncc1C. The Labute approximate surface area is 113 Å². The van der Waals surface area contributed by atoms with Gasteiger partial charge in [-0.05, 0) is 20.9 Å². The van der Waals surface area contributed by atoms with Crippen LogP contribution in [0, 0.1) is 6.92 Å². The Kier molecular flexibility index (Phi) is 4.31. The molecular formula is C13H20N4O2. The lowest BCUT2D eigenvalue weighted by molar-refractivity contribution is 0.0518. The molecule has 1 aromatic heterocycles. The van der Waals surface area contributed by atoms with E-state index in [-0.39, 0.29) is 5.97 Å². The largest absolute Gasteiger partial charge is 0.461 e. The zero-order chi connectivity index (χ0) is 13.8. The molecule has 1 aromatic rings. The molecule has 0 bridgehead atoms. The van der Waals surface area contributed by atoms with Gasteiger partial charge in [-0.25, -0.2) is 14.8 Å². The van der Waals surface area contributed by atoms with Gasteiger partial charge in [-0.1, -0.05) is 0 Å². The number of piperazine rings is 1. The Morgan fingerprint density at radius 1 is 1.37 bits per heavy atom. The van der Waals surface area contributed by atoms with Crippen molar-refractivity contribution in [3.8, 4) is 0 Å². The molecule has 6 heteroatoms. The van der Waals surface area contributed by atoms with Crippen molar-refractivity contribution in [3.63, 3.8) is 0 Å². The maximum atomic E-state index is 11.8. The van der Waals surface area contributed by atoms with Gasteiger partial charge in [-0.3, -0.25) is 0 Å². The van der Waals surface area contributed by atoms with Crippen molar-refractivity contribution in [2.45, 2.75) is 13.8 Å². The van der Waals surface area contributed by atoms with E-state index in [1.165, 1.54) is 0 Å². The highest BCUT2D eigenvalue weighted by atomic mass is 16.5. The molecule has 0 aromatic carbocycles. The first kappa shape index (κ1) is 13.7. The molecule has 0 amide bonds. The van der Waals surface area contributed by atoms with Crippen LogP contribution in [0.4, 0.5) is 5.95 Å². The predicted molar refractivity (Wildman–Crippen MR) is 72.4 cm³/mol. The number of hydrogen-bond acceptors (Lipinski definition) is 6. The van der Waals surface area contributed by atoms with Crippen LogP contribution in [-0.4, -0.2) is 60.7 Å². The number of aryl methyl sites for hydroxylation is 1. The number of hydrogen-bond donors (Lipinski definition) is 0. The monoisotopic (exact) mass is 264 g/mol. The van der Waals surface area contributed by atoms with E-state index in [9.17, 15) is 4.79 Å². The molecule has 0 aliphatic carbocycles. The lowest BCUT2D eigenvalue weighted by atomic mass is 10.2. The summed E-state index contributed by atoms with van der Waals surface area (Å²) in [5.41, 5.74) is 1.11. The number of aromatic nitrogens is 2. The lowest BCUT2D eigenvalue weighted by Gasteiger charge is -2.32. The average Bonchev–Trinajstić information content (AvgIpc) is 2.40. The fraction of sp³-hybridized carbons (Fsp3) is 0.615. The molecule has 1 aliphatic heterocycles. The quantitative estimate of drug-likeness (QED) is 0.750. The van der Waals surface area contributed by atoms with Gasteiger partial charge in [-0.15, -0.1) is 0 Å². The minimum atomic E-state index is -0.377. The Hall–Kier alpha value is -1.69. The molecule has 1 fully saturated rings. The van der Waals surface area contributed by atoms with E-state index in [0.717, 1.165) is 31.7 Å². The third-order valence-corrected chi connectivity index (χ3v) is 3.21. The van der Waals surface area contributed by atoms with Crippen molar-refractivity contribution in [2.75, 3.05) is 44.7 Å². The summed E-state index contributed by atoms with van der Waals surface area (Å²) in [5.74, 6) is 0.236. The second-order valence-corrected chi connectivity index (χ2v) is 4.71. The smallest absolute Gasteiger partial charge is 0.357 e. The first-order chi connectivity index (χ1) is 9.11. The molecule has 19 heavy (non-hydrogen) atoms. The Balaban J connectivity index is 2.18. The molecular weight excluding hydrogens is 244 g/mol. The van der Waals surface area contributed by atoms with E-state index in [1.54, 1.807) is 13.1 Å². The Morgan fingerprint density at radius 2 is 2.05 bits per heavy atom. The lowest BCUT2D eigenvalue weighted by Crippen LogP contribution is -2.45. The zero-order valence-electron chi connectivity index (χ0n) is 11.7. The number of nitrogens with zero attached hydrogens (tertiary/aromatic N) is 4. The van der Waals surface area contributed by atoms with Gasteiger partial charge in [-0.2, -0.15) is 0 Å². The molecule has 104 valence electrons. The second-order valence-electron chi connectivity index (χ2n) is 4.71. The van der Waals surface area contributed by atoms with E-state index in [4.69, 9.17) is 4.74 Å². The second kappa shape index (κ2) is 5.97. The molecule has 0 spiro atoms. The molecule has 1 aliphatic rings. The summed E-state index contributed by atoms with van der Waals surface area (Å²) in [6.07, 6.45) is 1.69. The van der Waals surface area contributed by atoms with Gasteiger partial charge in [0.25, 0.3) is 0 Å². The number of carbonyl (C=O) groups excluding carboxylic acids is 1. The number of rotatable bonds is 3. The summed E-state index contributed by atoms with van der Waals surface area (Å²) in [4.78, 5) is 24.9. The first-order valence-corrected chi connectivity index (χ1v) is 6.56. The zero-order valence-corrected chi connectivity index (χ0v) is 11.7. The topological polar surface area (TPSA) is 58.6 Å². The number of anilines is 1. The van der Waals surface area contributed by atoms with Crippen LogP contribution in [0.5, 0.6) is 0 Å². The summed E-state index contributed by atoms with van der Waals surface area (Å²) >= 11 is 0. The van der Waals surface area contributed by atoms with Crippen molar-refractivity contribution in [1.29, 1.82) is 0 Å². The standard InChI is InChI=1S/C13H20N4O2/c1-4-19-12(18)11-10(2)9-14-13(15-11)17-7-5-16(3)6-8-17/h9H,4-8H2,1-3H3. The van der Waals surface area contributed by atoms with Crippen LogP contribution < -0.4 is 4.90 Å². The van der Waals surface area contributed by atoms with E-state index in [1.807, 2.05) is 6.92 Å². The van der Waals surface area contributed by atoms with Crippen molar-refractivity contribution in [2.24, 2.45) is 0 Å². The van der Waals surface area contributed by atoms with Crippen LogP contribution in [0.15, 0.2) is 6.20 Å². The van der Waals surface area contributed by atoms with Gasteiger partial charge in [0.05, 0.1) is 6.61 Å². The summed E-state index contributed by atoms with van der Waals surface area (Å²) in [7, 11) is 2.09. The highest BCUT2D eigenvalue weighted by molar-refractivity contribution is 5.89. The third-order valence-electron chi connectivity index (χ3n) is 3.21. The molecule has 0 radical (unpaired) electrons. The number of likely N-dealkylation sites (N-methyl/N-ethyl adjacent to an activating group) is 1. The Bertz CT molecular complexity index is 456. The molecule has 0 atom stereocenters. The maximum Gasteiger partial charge on any atom is 0.357 e. The number of esters is 1. The third kappa shape index (κ3) is 3.20. The van der Waals surface area contributed by atoms with Crippen LogP contribution >= 0.6 is 0 Å². The molecule has 0 N–H and O–H groups in total. The highest BCUT2D eigenvalue weighted by Gasteiger charge is 2.19. The van der Waals surface area contributed by atoms with Crippen molar-refractivity contribution in [3.05, 3.63) is 17.5 Å². The van der Waals surface area contributed by atoms with Crippen molar-refractivity contribution < 1.29 is 9.53 Å². The van der Waals surface area contributed by atoms with Gasteiger partial charge < -0.3 is 14.5 Å². The van der Waals surface area contributed by atoms with Crippen molar-refractivity contribution in [1.82, 2.24) is 14.9 Å². The number of carbonyl (C=O) groups is 1. The maximum absolute atomic E-state index is 11.8. The fourth-order valence-corrected chi connectivity index (χ4v) is 2.00. The number of ether oxygens (including phenoxy) is 1. The summed E-state index contributed by atoms with van der Waals surface area (Å²) in [6, 6.07) is 0. The summed E-state index contributed by atoms with van der Waals surface area (Å²) in [5, 5.41) is 0. The van der Waals surface area contributed by atoms with Gasteiger partial charge in [0.1, 0.15) is 0 Å². The fourth-order valence-electron chi connectivity index (χ4n) is 2.00. The van der Waals surface area contributed by atoms with Gasteiger partial charge >= 0.3 is 5.97 Å². The first-order valence-electron chi connectivity index (χ1n) is 6.56. The van der Waals surface area contributed by atoms with E-state index in [0.29, 0.717) is 18.2 Å². The normalized spacial score (nSPS) is 16.5. The molecule has 0 unspecified atom stereocenters. The minimum absolute atomic E-state index is 0.353. The predicted octanol–water partition coefficient (Wildman–Crippen LogP) is 0.714. The van der Waals surface area contributed by atoms with E-state index < -0.39 is 0 Å². The summed E-state index contributed by atoms with van der Waals surface area (Å²) < 4.78 is 5.01. The highest BCUT2D eigenvalue weighted by Crippen LogP contribution is 2.14. The van der Waals surface area contributed by atoms with E-state index >= 15 is 0 Å². The van der Waals surface area contributed by atoms with Crippen LogP contribution in [-0.2, 0) is 4.74 Å².